The molecule has 3 nitrogen and oxygen atoms in total. The monoisotopic (exact) mass is 318 g/mol. The summed E-state index contributed by atoms with van der Waals surface area (Å²) in [5.74, 6) is 1.44. The van der Waals surface area contributed by atoms with Crippen molar-refractivity contribution in [2.45, 2.75) is 38.9 Å². The molecule has 0 aromatic carbocycles. The summed E-state index contributed by atoms with van der Waals surface area (Å²) in [5, 5.41) is 2.38. The maximum atomic E-state index is 12.7. The van der Waals surface area contributed by atoms with Crippen LogP contribution in [0.25, 0.3) is 0 Å². The standard InChI is InChI=1S/C14H17F3N2OS/c1-3-7-18-12(10-6-5-9(4-2)20-10)11-8-19-13(21-11)14(15,16)17/h5-6,8,12,18H,3-4,7H2,1-2H3. The molecule has 0 saturated heterocycles. The Morgan fingerprint density at radius 2 is 2.10 bits per heavy atom. The van der Waals surface area contributed by atoms with E-state index in [2.05, 4.69) is 10.3 Å². The molecule has 2 heterocycles. The van der Waals surface area contributed by atoms with Gasteiger partial charge in [0, 0.05) is 17.5 Å². The first-order valence-electron chi connectivity index (χ1n) is 6.80. The van der Waals surface area contributed by atoms with Crippen LogP contribution >= 0.6 is 11.3 Å². The Kier molecular flexibility index (Phi) is 5.05. The Morgan fingerprint density at radius 1 is 1.33 bits per heavy atom. The smallest absolute Gasteiger partial charge is 0.443 e. The van der Waals surface area contributed by atoms with Gasteiger partial charge in [-0.3, -0.25) is 0 Å². The van der Waals surface area contributed by atoms with Gasteiger partial charge in [0.05, 0.1) is 0 Å². The number of aromatic nitrogens is 1. The lowest BCUT2D eigenvalue weighted by atomic mass is 10.2. The molecule has 2 rings (SSSR count). The van der Waals surface area contributed by atoms with Crippen LogP contribution in [0.1, 0.15) is 47.7 Å². The summed E-state index contributed by atoms with van der Waals surface area (Å²) in [6, 6.07) is 3.26. The fourth-order valence-corrected chi connectivity index (χ4v) is 2.79. The third-order valence-electron chi connectivity index (χ3n) is 2.96. The Labute approximate surface area is 125 Å². The van der Waals surface area contributed by atoms with Crippen molar-refractivity contribution in [2.75, 3.05) is 6.54 Å². The van der Waals surface area contributed by atoms with Gasteiger partial charge in [-0.1, -0.05) is 13.8 Å². The van der Waals surface area contributed by atoms with Crippen molar-refractivity contribution < 1.29 is 17.6 Å². The molecule has 21 heavy (non-hydrogen) atoms. The zero-order valence-corrected chi connectivity index (χ0v) is 12.6. The molecule has 1 unspecified atom stereocenters. The van der Waals surface area contributed by atoms with Gasteiger partial charge in [0.15, 0.2) is 5.01 Å². The first-order chi connectivity index (χ1) is 9.95. The molecule has 0 aliphatic rings. The number of halogens is 3. The van der Waals surface area contributed by atoms with E-state index in [0.717, 1.165) is 18.6 Å². The van der Waals surface area contributed by atoms with Crippen LogP contribution < -0.4 is 5.32 Å². The van der Waals surface area contributed by atoms with Gasteiger partial charge in [0.2, 0.25) is 0 Å². The fraction of sp³-hybridized carbons (Fsp3) is 0.500. The van der Waals surface area contributed by atoms with E-state index in [-0.39, 0.29) is 6.04 Å². The zero-order valence-electron chi connectivity index (χ0n) is 11.8. The summed E-state index contributed by atoms with van der Waals surface area (Å²) in [6.45, 7) is 4.65. The van der Waals surface area contributed by atoms with E-state index < -0.39 is 11.2 Å². The first-order valence-corrected chi connectivity index (χ1v) is 7.62. The molecule has 0 amide bonds. The molecule has 0 saturated carbocycles. The predicted octanol–water partition coefficient (Wildman–Crippen LogP) is 4.41. The number of aryl methyl sites for hydroxylation is 1. The van der Waals surface area contributed by atoms with Gasteiger partial charge in [-0.05, 0) is 25.1 Å². The number of hydrogen-bond donors (Lipinski definition) is 1. The highest BCUT2D eigenvalue weighted by atomic mass is 32.1. The van der Waals surface area contributed by atoms with E-state index in [9.17, 15) is 13.2 Å². The van der Waals surface area contributed by atoms with Gasteiger partial charge >= 0.3 is 6.18 Å². The zero-order chi connectivity index (χ0) is 15.5. The molecule has 7 heteroatoms. The van der Waals surface area contributed by atoms with Crippen LogP contribution in [0.3, 0.4) is 0 Å². The van der Waals surface area contributed by atoms with Crippen molar-refractivity contribution in [3.8, 4) is 0 Å². The fourth-order valence-electron chi connectivity index (χ4n) is 1.92. The molecule has 2 aromatic heterocycles. The molecule has 0 aliphatic heterocycles. The largest absolute Gasteiger partial charge is 0.464 e. The average Bonchev–Trinajstić information content (AvgIpc) is 3.07. The van der Waals surface area contributed by atoms with Gasteiger partial charge in [-0.15, -0.1) is 11.3 Å². The molecular weight excluding hydrogens is 301 g/mol. The van der Waals surface area contributed by atoms with Gasteiger partial charge < -0.3 is 9.73 Å². The van der Waals surface area contributed by atoms with Crippen LogP contribution in [0.4, 0.5) is 13.2 Å². The molecule has 1 atom stereocenters. The van der Waals surface area contributed by atoms with Crippen LogP contribution in [-0.4, -0.2) is 11.5 Å². The second-order valence-electron chi connectivity index (χ2n) is 4.61. The van der Waals surface area contributed by atoms with Gasteiger partial charge in [0.1, 0.15) is 17.6 Å². The van der Waals surface area contributed by atoms with Crippen LogP contribution in [0.2, 0.25) is 0 Å². The number of rotatable bonds is 6. The maximum Gasteiger partial charge on any atom is 0.443 e. The minimum Gasteiger partial charge on any atom is -0.464 e. The molecule has 116 valence electrons. The Morgan fingerprint density at radius 3 is 2.62 bits per heavy atom. The third-order valence-corrected chi connectivity index (χ3v) is 4.07. The number of thiazole rings is 1. The quantitative estimate of drug-likeness (QED) is 0.857. The maximum absolute atomic E-state index is 12.7. The summed E-state index contributed by atoms with van der Waals surface area (Å²) >= 11 is 0.651. The van der Waals surface area contributed by atoms with Gasteiger partial charge in [-0.2, -0.15) is 13.2 Å². The van der Waals surface area contributed by atoms with E-state index in [1.165, 1.54) is 6.20 Å². The number of furan rings is 1. The average molecular weight is 318 g/mol. The lowest BCUT2D eigenvalue weighted by molar-refractivity contribution is -0.137. The molecule has 0 aliphatic carbocycles. The summed E-state index contributed by atoms with van der Waals surface area (Å²) in [7, 11) is 0. The second kappa shape index (κ2) is 6.62. The highest BCUT2D eigenvalue weighted by Crippen LogP contribution is 2.36. The van der Waals surface area contributed by atoms with Crippen molar-refractivity contribution in [2.24, 2.45) is 0 Å². The summed E-state index contributed by atoms with van der Waals surface area (Å²) in [4.78, 5) is 3.99. The van der Waals surface area contributed by atoms with E-state index in [0.29, 0.717) is 28.5 Å². The lowest BCUT2D eigenvalue weighted by Gasteiger charge is -2.14. The molecule has 0 fully saturated rings. The lowest BCUT2D eigenvalue weighted by Crippen LogP contribution is -2.22. The molecule has 1 N–H and O–H groups in total. The topological polar surface area (TPSA) is 38.1 Å². The number of alkyl halides is 3. The van der Waals surface area contributed by atoms with Crippen molar-refractivity contribution in [3.63, 3.8) is 0 Å². The third kappa shape index (κ3) is 3.85. The number of nitrogens with one attached hydrogen (secondary N) is 1. The predicted molar refractivity (Wildman–Crippen MR) is 75.3 cm³/mol. The van der Waals surface area contributed by atoms with Crippen LogP contribution in [0, 0.1) is 0 Å². The normalized spacial score (nSPS) is 13.6. The van der Waals surface area contributed by atoms with Crippen molar-refractivity contribution >= 4 is 11.3 Å². The molecule has 2 aromatic rings. The molecule has 0 bridgehead atoms. The Bertz CT molecular complexity index is 577. The van der Waals surface area contributed by atoms with Crippen LogP contribution in [0.15, 0.2) is 22.7 Å². The van der Waals surface area contributed by atoms with Crippen molar-refractivity contribution in [3.05, 3.63) is 39.7 Å². The van der Waals surface area contributed by atoms with Crippen LogP contribution in [-0.2, 0) is 12.6 Å². The highest BCUT2D eigenvalue weighted by molar-refractivity contribution is 7.11. The van der Waals surface area contributed by atoms with E-state index in [4.69, 9.17) is 4.42 Å². The van der Waals surface area contributed by atoms with Crippen LogP contribution in [0.5, 0.6) is 0 Å². The van der Waals surface area contributed by atoms with E-state index in [1.807, 2.05) is 19.9 Å². The van der Waals surface area contributed by atoms with E-state index >= 15 is 0 Å². The van der Waals surface area contributed by atoms with E-state index in [1.54, 1.807) is 6.07 Å². The summed E-state index contributed by atoms with van der Waals surface area (Å²) < 4.78 is 43.7. The van der Waals surface area contributed by atoms with Gasteiger partial charge in [0.25, 0.3) is 0 Å². The molecular formula is C14H17F3N2OS. The van der Waals surface area contributed by atoms with Crippen molar-refractivity contribution in [1.29, 1.82) is 0 Å². The molecule has 0 spiro atoms. The SMILES string of the molecule is CCCNC(c1ccc(CC)o1)c1cnc(C(F)(F)F)s1. The summed E-state index contributed by atoms with van der Waals surface area (Å²) in [6.07, 6.45) is -1.51. The first kappa shape index (κ1) is 16.0. The second-order valence-corrected chi connectivity index (χ2v) is 5.67. The van der Waals surface area contributed by atoms with Gasteiger partial charge in [-0.25, -0.2) is 4.98 Å². The molecule has 0 radical (unpaired) electrons. The number of hydrogen-bond acceptors (Lipinski definition) is 4. The minimum atomic E-state index is -4.41. The highest BCUT2D eigenvalue weighted by Gasteiger charge is 2.35. The Balaban J connectivity index is 2.29. The number of nitrogens with zero attached hydrogens (tertiary/aromatic N) is 1. The minimum absolute atomic E-state index is 0.390. The van der Waals surface area contributed by atoms with Crippen molar-refractivity contribution in [1.82, 2.24) is 10.3 Å². The summed E-state index contributed by atoms with van der Waals surface area (Å²) in [5.41, 5.74) is 0. The Hall–Kier alpha value is -1.34.